The fraction of sp³-hybridized carbons (Fsp3) is 0.500. The molecule has 0 amide bonds. The third kappa shape index (κ3) is 6.91. The van der Waals surface area contributed by atoms with E-state index in [9.17, 15) is 26.4 Å². The van der Waals surface area contributed by atoms with E-state index in [4.69, 9.17) is 4.74 Å². The zero-order valence-electron chi connectivity index (χ0n) is 17.7. The molecule has 1 saturated carbocycles. The fourth-order valence-electron chi connectivity index (χ4n) is 3.99. The maximum atomic E-state index is 12.9. The second-order valence-corrected chi connectivity index (χ2v) is 9.98. The minimum atomic E-state index is -4.63. The molecule has 1 unspecified atom stereocenters. The van der Waals surface area contributed by atoms with Crippen molar-refractivity contribution in [1.82, 2.24) is 9.29 Å². The fourth-order valence-corrected chi connectivity index (χ4v) is 4.48. The van der Waals surface area contributed by atoms with Crippen LogP contribution in [-0.2, 0) is 20.9 Å². The molecule has 0 radical (unpaired) electrons. The van der Waals surface area contributed by atoms with Crippen LogP contribution in [0.1, 0.15) is 48.8 Å². The molecule has 0 spiro atoms. The number of alkyl halides is 3. The molecule has 1 aromatic carbocycles. The molecule has 0 bridgehead atoms. The summed E-state index contributed by atoms with van der Waals surface area (Å²) in [5.74, 6) is 0.455. The standard InChI is InChI=1S/C22H27F3N2O4S/c1-32(29,30)26-14-19(27-12-11-18(13-21(27)28)22(23,24)25)15-31-20-9-7-17(8-10-20)16-5-3-2-4-6-16/h2-6,11-13,17,19-20,26H,7-10,14-15H2,1H3/t17-,19?,20+. The minimum Gasteiger partial charge on any atom is -0.376 e. The van der Waals surface area contributed by atoms with E-state index in [1.54, 1.807) is 0 Å². The van der Waals surface area contributed by atoms with E-state index in [0.717, 1.165) is 48.8 Å². The number of benzene rings is 1. The first-order valence-electron chi connectivity index (χ1n) is 10.4. The number of ether oxygens (including phenoxy) is 1. The highest BCUT2D eigenvalue weighted by atomic mass is 32.2. The van der Waals surface area contributed by atoms with Gasteiger partial charge in [0.1, 0.15) is 0 Å². The quantitative estimate of drug-likeness (QED) is 0.636. The number of aromatic nitrogens is 1. The van der Waals surface area contributed by atoms with Crippen molar-refractivity contribution in [3.05, 3.63) is 70.1 Å². The molecule has 10 heteroatoms. The highest BCUT2D eigenvalue weighted by Crippen LogP contribution is 2.34. The lowest BCUT2D eigenvalue weighted by Crippen LogP contribution is -2.38. The first-order valence-corrected chi connectivity index (χ1v) is 12.3. The molecule has 1 atom stereocenters. The number of sulfonamides is 1. The van der Waals surface area contributed by atoms with Gasteiger partial charge in [-0.1, -0.05) is 30.3 Å². The molecular weight excluding hydrogens is 445 g/mol. The highest BCUT2D eigenvalue weighted by Gasteiger charge is 2.31. The number of nitrogens with zero attached hydrogens (tertiary/aromatic N) is 1. The first-order chi connectivity index (χ1) is 15.0. The van der Waals surface area contributed by atoms with Crippen molar-refractivity contribution in [1.29, 1.82) is 0 Å². The summed E-state index contributed by atoms with van der Waals surface area (Å²) in [6, 6.07) is 10.8. The lowest BCUT2D eigenvalue weighted by molar-refractivity contribution is -0.137. The maximum absolute atomic E-state index is 12.9. The van der Waals surface area contributed by atoms with Crippen LogP contribution in [0.3, 0.4) is 0 Å². The summed E-state index contributed by atoms with van der Waals surface area (Å²) >= 11 is 0. The molecule has 1 aliphatic rings. The van der Waals surface area contributed by atoms with Crippen molar-refractivity contribution < 1.29 is 26.3 Å². The van der Waals surface area contributed by atoms with Crippen molar-refractivity contribution in [3.63, 3.8) is 0 Å². The van der Waals surface area contributed by atoms with E-state index in [0.29, 0.717) is 12.0 Å². The second kappa shape index (κ2) is 10.2. The summed E-state index contributed by atoms with van der Waals surface area (Å²) < 4.78 is 71.1. The van der Waals surface area contributed by atoms with E-state index < -0.39 is 33.4 Å². The number of hydrogen-bond donors (Lipinski definition) is 1. The van der Waals surface area contributed by atoms with Crippen molar-refractivity contribution in [2.24, 2.45) is 0 Å². The first kappa shape index (κ1) is 24.5. The molecule has 1 heterocycles. The predicted molar refractivity (Wildman–Crippen MR) is 115 cm³/mol. The van der Waals surface area contributed by atoms with Crippen molar-refractivity contribution in [3.8, 4) is 0 Å². The van der Waals surface area contributed by atoms with E-state index in [-0.39, 0.29) is 19.3 Å². The Balaban J connectivity index is 1.66. The molecule has 2 aromatic rings. The summed E-state index contributed by atoms with van der Waals surface area (Å²) in [4.78, 5) is 12.3. The topological polar surface area (TPSA) is 77.4 Å². The summed E-state index contributed by atoms with van der Waals surface area (Å²) in [6.45, 7) is -0.155. The van der Waals surface area contributed by atoms with Crippen LogP contribution in [0.15, 0.2) is 53.5 Å². The van der Waals surface area contributed by atoms with Crippen LogP contribution in [-0.4, -0.2) is 38.5 Å². The molecule has 1 aliphatic carbocycles. The largest absolute Gasteiger partial charge is 0.416 e. The van der Waals surface area contributed by atoms with Crippen LogP contribution in [0, 0.1) is 0 Å². The van der Waals surface area contributed by atoms with Crippen molar-refractivity contribution in [2.75, 3.05) is 19.4 Å². The molecule has 176 valence electrons. The zero-order chi connectivity index (χ0) is 23.4. The van der Waals surface area contributed by atoms with E-state index in [1.165, 1.54) is 5.56 Å². The second-order valence-electron chi connectivity index (χ2n) is 8.15. The summed E-state index contributed by atoms with van der Waals surface area (Å²) in [5.41, 5.74) is -0.622. The molecule has 1 fully saturated rings. The number of rotatable bonds is 8. The number of halogens is 3. The number of nitrogens with one attached hydrogen (secondary N) is 1. The average Bonchev–Trinajstić information content (AvgIpc) is 2.74. The Labute approximate surface area is 185 Å². The summed E-state index contributed by atoms with van der Waals surface area (Å²) in [5, 5.41) is 0. The Bertz CT molecular complexity index is 1050. The number of hydrogen-bond acceptors (Lipinski definition) is 4. The highest BCUT2D eigenvalue weighted by molar-refractivity contribution is 7.88. The van der Waals surface area contributed by atoms with Crippen LogP contribution >= 0.6 is 0 Å². The van der Waals surface area contributed by atoms with Gasteiger partial charge in [0.25, 0.3) is 5.56 Å². The van der Waals surface area contributed by atoms with Crippen LogP contribution in [0.2, 0.25) is 0 Å². The molecule has 6 nitrogen and oxygen atoms in total. The average molecular weight is 473 g/mol. The monoisotopic (exact) mass is 472 g/mol. The maximum Gasteiger partial charge on any atom is 0.416 e. The predicted octanol–water partition coefficient (Wildman–Crippen LogP) is 3.70. The van der Waals surface area contributed by atoms with Crippen molar-refractivity contribution >= 4 is 10.0 Å². The van der Waals surface area contributed by atoms with Crippen molar-refractivity contribution in [2.45, 2.75) is 49.9 Å². The van der Waals surface area contributed by atoms with Gasteiger partial charge in [-0.3, -0.25) is 4.79 Å². The molecule has 1 aromatic heterocycles. The Morgan fingerprint density at radius 3 is 2.34 bits per heavy atom. The van der Waals surface area contributed by atoms with Gasteiger partial charge in [-0.2, -0.15) is 13.2 Å². The number of pyridine rings is 1. The van der Waals surface area contributed by atoms with Gasteiger partial charge in [-0.05, 0) is 43.2 Å². The van der Waals surface area contributed by atoms with E-state index >= 15 is 0 Å². The normalized spacial score (nSPS) is 20.8. The van der Waals surface area contributed by atoms with Gasteiger partial charge in [0.05, 0.1) is 30.6 Å². The van der Waals surface area contributed by atoms with Gasteiger partial charge in [0, 0.05) is 18.8 Å². The van der Waals surface area contributed by atoms with Crippen LogP contribution < -0.4 is 10.3 Å². The smallest absolute Gasteiger partial charge is 0.376 e. The third-order valence-electron chi connectivity index (χ3n) is 5.72. The summed E-state index contributed by atoms with van der Waals surface area (Å²) in [7, 11) is -3.55. The molecule has 0 saturated heterocycles. The van der Waals surface area contributed by atoms with Gasteiger partial charge >= 0.3 is 6.18 Å². The lowest BCUT2D eigenvalue weighted by Gasteiger charge is -2.30. The Hall–Kier alpha value is -2.17. The van der Waals surface area contributed by atoms with E-state index in [2.05, 4.69) is 16.9 Å². The summed E-state index contributed by atoms with van der Waals surface area (Å²) in [6.07, 6.45) is 0.845. The van der Waals surface area contributed by atoms with E-state index in [1.807, 2.05) is 18.2 Å². The molecule has 1 N–H and O–H groups in total. The molecular formula is C22H27F3N2O4S. The molecule has 0 aliphatic heterocycles. The van der Waals surface area contributed by atoms with Gasteiger partial charge in [0.2, 0.25) is 10.0 Å². The Kier molecular flexibility index (Phi) is 7.79. The Morgan fingerprint density at radius 1 is 1.12 bits per heavy atom. The molecule has 3 rings (SSSR count). The Morgan fingerprint density at radius 2 is 1.78 bits per heavy atom. The van der Waals surface area contributed by atoms with Gasteiger partial charge in [0.15, 0.2) is 0 Å². The van der Waals surface area contributed by atoms with Gasteiger partial charge in [-0.25, -0.2) is 13.1 Å². The van der Waals surface area contributed by atoms with Crippen LogP contribution in [0.25, 0.3) is 0 Å². The SMILES string of the molecule is CS(=O)(=O)NCC(CO[C@H]1CC[C@@H](c2ccccc2)CC1)n1ccc(C(F)(F)F)cc1=O. The third-order valence-corrected chi connectivity index (χ3v) is 6.41. The van der Waals surface area contributed by atoms with Gasteiger partial charge < -0.3 is 9.30 Å². The minimum absolute atomic E-state index is 0.00839. The van der Waals surface area contributed by atoms with Gasteiger partial charge in [-0.15, -0.1) is 0 Å². The zero-order valence-corrected chi connectivity index (χ0v) is 18.5. The van der Waals surface area contributed by atoms with Crippen LogP contribution in [0.5, 0.6) is 0 Å². The lowest BCUT2D eigenvalue weighted by atomic mass is 9.83. The molecule has 32 heavy (non-hydrogen) atoms. The van der Waals surface area contributed by atoms with Crippen LogP contribution in [0.4, 0.5) is 13.2 Å².